The van der Waals surface area contributed by atoms with E-state index in [4.69, 9.17) is 4.74 Å². The quantitative estimate of drug-likeness (QED) is 0.596. The van der Waals surface area contributed by atoms with Crippen LogP contribution in [0.2, 0.25) is 0 Å². The molecule has 0 unspecified atom stereocenters. The van der Waals surface area contributed by atoms with E-state index in [9.17, 15) is 8.42 Å². The van der Waals surface area contributed by atoms with Gasteiger partial charge in [-0.3, -0.25) is 4.72 Å². The average molecular weight is 424 g/mol. The van der Waals surface area contributed by atoms with Crippen LogP contribution in [-0.4, -0.2) is 8.42 Å². The molecule has 0 aliphatic rings. The third-order valence-corrected chi connectivity index (χ3v) is 6.67. The largest absolute Gasteiger partial charge is 0.457 e. The molecular weight excluding hydrogens is 410 g/mol. The summed E-state index contributed by atoms with van der Waals surface area (Å²) in [7, 11) is -3.57. The molecule has 3 aromatic rings. The predicted molar refractivity (Wildman–Crippen MR) is 101 cm³/mol. The van der Waals surface area contributed by atoms with Gasteiger partial charge in [0.05, 0.1) is 3.79 Å². The fraction of sp³-hybridized carbons (Fsp3) is 0.0588. The number of aryl methyl sites for hydroxylation is 1. The Morgan fingerprint density at radius 2 is 1.50 bits per heavy atom. The van der Waals surface area contributed by atoms with E-state index in [1.165, 1.54) is 0 Å². The second-order valence-electron chi connectivity index (χ2n) is 5.10. The minimum atomic E-state index is -3.57. The normalized spacial score (nSPS) is 11.2. The van der Waals surface area contributed by atoms with E-state index in [0.717, 1.165) is 26.4 Å². The lowest BCUT2D eigenvalue weighted by atomic mass is 10.2. The van der Waals surface area contributed by atoms with E-state index in [1.807, 2.05) is 31.2 Å². The lowest BCUT2D eigenvalue weighted by Gasteiger charge is -2.09. The van der Waals surface area contributed by atoms with Crippen molar-refractivity contribution in [1.82, 2.24) is 0 Å². The molecule has 0 spiro atoms. The first-order valence-corrected chi connectivity index (χ1v) is 10.1. The Balaban J connectivity index is 1.71. The molecule has 124 valence electrons. The smallest absolute Gasteiger partial charge is 0.271 e. The number of ether oxygens (including phenoxy) is 1. The minimum absolute atomic E-state index is 0.259. The van der Waals surface area contributed by atoms with Gasteiger partial charge in [0.25, 0.3) is 10.0 Å². The van der Waals surface area contributed by atoms with Crippen LogP contribution in [0.5, 0.6) is 11.5 Å². The fourth-order valence-electron chi connectivity index (χ4n) is 1.98. The summed E-state index contributed by atoms with van der Waals surface area (Å²) in [5.74, 6) is 1.37. The highest BCUT2D eigenvalue weighted by molar-refractivity contribution is 9.11. The van der Waals surface area contributed by atoms with Crippen LogP contribution in [-0.2, 0) is 10.0 Å². The van der Waals surface area contributed by atoms with E-state index in [1.54, 1.807) is 36.4 Å². The van der Waals surface area contributed by atoms with Gasteiger partial charge >= 0.3 is 0 Å². The van der Waals surface area contributed by atoms with Gasteiger partial charge in [-0.15, -0.1) is 11.3 Å². The van der Waals surface area contributed by atoms with Gasteiger partial charge in [-0.25, -0.2) is 8.42 Å². The molecule has 24 heavy (non-hydrogen) atoms. The molecule has 0 fully saturated rings. The number of anilines is 1. The van der Waals surface area contributed by atoms with Crippen molar-refractivity contribution < 1.29 is 13.2 Å². The Morgan fingerprint density at radius 1 is 0.917 bits per heavy atom. The molecule has 0 aliphatic carbocycles. The number of hydrogen-bond donors (Lipinski definition) is 1. The van der Waals surface area contributed by atoms with Crippen molar-refractivity contribution in [1.29, 1.82) is 0 Å². The lowest BCUT2D eigenvalue weighted by Crippen LogP contribution is -2.11. The maximum Gasteiger partial charge on any atom is 0.271 e. The summed E-state index contributed by atoms with van der Waals surface area (Å²) in [4.78, 5) is 0. The standard InChI is InChI=1S/C17H14BrNO3S2/c1-12-2-6-14(7-3-12)22-15-8-4-13(5-9-15)19-24(20,21)17-11-10-16(18)23-17/h2-11,19H,1H3. The number of benzene rings is 2. The summed E-state index contributed by atoms with van der Waals surface area (Å²) in [6, 6.07) is 17.8. The lowest BCUT2D eigenvalue weighted by molar-refractivity contribution is 0.482. The van der Waals surface area contributed by atoms with Gasteiger partial charge in [-0.1, -0.05) is 17.7 Å². The summed E-state index contributed by atoms with van der Waals surface area (Å²) in [6.07, 6.45) is 0. The van der Waals surface area contributed by atoms with Crippen molar-refractivity contribution in [2.45, 2.75) is 11.1 Å². The maximum atomic E-state index is 12.3. The number of nitrogens with one attached hydrogen (secondary N) is 1. The SMILES string of the molecule is Cc1ccc(Oc2ccc(NS(=O)(=O)c3ccc(Br)s3)cc2)cc1. The molecule has 0 saturated heterocycles. The molecular formula is C17H14BrNO3S2. The second kappa shape index (κ2) is 6.96. The molecule has 1 aromatic heterocycles. The molecule has 4 nitrogen and oxygen atoms in total. The fourth-order valence-corrected chi connectivity index (χ4v) is 5.05. The Hall–Kier alpha value is -1.83. The van der Waals surface area contributed by atoms with Crippen molar-refractivity contribution in [3.63, 3.8) is 0 Å². The van der Waals surface area contributed by atoms with Gasteiger partial charge in [-0.2, -0.15) is 0 Å². The zero-order valence-electron chi connectivity index (χ0n) is 12.7. The topological polar surface area (TPSA) is 55.4 Å². The summed E-state index contributed by atoms with van der Waals surface area (Å²) in [5, 5.41) is 0. The highest BCUT2D eigenvalue weighted by atomic mass is 79.9. The van der Waals surface area contributed by atoms with Crippen LogP contribution in [0.1, 0.15) is 5.56 Å². The number of sulfonamides is 1. The molecule has 1 heterocycles. The van der Waals surface area contributed by atoms with Gasteiger partial charge in [0.15, 0.2) is 0 Å². The van der Waals surface area contributed by atoms with Crippen molar-refractivity contribution >= 4 is 43.0 Å². The Morgan fingerprint density at radius 3 is 2.04 bits per heavy atom. The number of halogens is 1. The highest BCUT2D eigenvalue weighted by Gasteiger charge is 2.16. The molecule has 3 rings (SSSR count). The van der Waals surface area contributed by atoms with E-state index in [2.05, 4.69) is 20.7 Å². The maximum absolute atomic E-state index is 12.3. The van der Waals surface area contributed by atoms with Crippen LogP contribution >= 0.6 is 27.3 Å². The zero-order chi connectivity index (χ0) is 17.2. The van der Waals surface area contributed by atoms with Gasteiger partial charge in [0.2, 0.25) is 0 Å². The molecule has 0 amide bonds. The zero-order valence-corrected chi connectivity index (χ0v) is 15.9. The van der Waals surface area contributed by atoms with Crippen LogP contribution < -0.4 is 9.46 Å². The summed E-state index contributed by atoms with van der Waals surface area (Å²) < 4.78 is 33.8. The van der Waals surface area contributed by atoms with E-state index in [-0.39, 0.29) is 4.21 Å². The van der Waals surface area contributed by atoms with Gasteiger partial charge in [-0.05, 0) is 71.4 Å². The van der Waals surface area contributed by atoms with Crippen molar-refractivity contribution in [2.24, 2.45) is 0 Å². The second-order valence-corrected chi connectivity index (χ2v) is 9.48. The van der Waals surface area contributed by atoms with Crippen LogP contribution in [0, 0.1) is 6.92 Å². The molecule has 0 atom stereocenters. The van der Waals surface area contributed by atoms with E-state index >= 15 is 0 Å². The third kappa shape index (κ3) is 4.17. The van der Waals surface area contributed by atoms with E-state index < -0.39 is 10.0 Å². The summed E-state index contributed by atoms with van der Waals surface area (Å²) >= 11 is 4.43. The molecule has 0 radical (unpaired) electrons. The van der Waals surface area contributed by atoms with Crippen molar-refractivity contribution in [3.05, 3.63) is 70.0 Å². The first-order valence-electron chi connectivity index (χ1n) is 7.05. The van der Waals surface area contributed by atoms with Crippen LogP contribution in [0.15, 0.2) is 68.7 Å². The molecule has 0 aliphatic heterocycles. The van der Waals surface area contributed by atoms with Crippen LogP contribution in [0.4, 0.5) is 5.69 Å². The van der Waals surface area contributed by atoms with Crippen molar-refractivity contribution in [2.75, 3.05) is 4.72 Å². The van der Waals surface area contributed by atoms with Crippen LogP contribution in [0.3, 0.4) is 0 Å². The predicted octanol–water partition coefficient (Wildman–Crippen LogP) is 5.41. The molecule has 0 saturated carbocycles. The Bertz CT molecular complexity index is 933. The molecule has 0 bridgehead atoms. The third-order valence-electron chi connectivity index (χ3n) is 3.18. The number of rotatable bonds is 5. The van der Waals surface area contributed by atoms with E-state index in [0.29, 0.717) is 11.4 Å². The van der Waals surface area contributed by atoms with Gasteiger partial charge in [0.1, 0.15) is 15.7 Å². The average Bonchev–Trinajstić information content (AvgIpc) is 2.99. The van der Waals surface area contributed by atoms with Crippen LogP contribution in [0.25, 0.3) is 0 Å². The Labute approximate surface area is 153 Å². The highest BCUT2D eigenvalue weighted by Crippen LogP contribution is 2.28. The Kier molecular flexibility index (Phi) is 4.93. The first kappa shape index (κ1) is 17.0. The minimum Gasteiger partial charge on any atom is -0.457 e. The molecule has 7 heteroatoms. The number of thiophene rings is 1. The monoisotopic (exact) mass is 423 g/mol. The number of hydrogen-bond acceptors (Lipinski definition) is 4. The van der Waals surface area contributed by atoms with Gasteiger partial charge in [0, 0.05) is 5.69 Å². The molecule has 1 N–H and O–H groups in total. The first-order chi connectivity index (χ1) is 11.4. The summed E-state index contributed by atoms with van der Waals surface area (Å²) in [6.45, 7) is 2.01. The molecule has 2 aromatic carbocycles. The van der Waals surface area contributed by atoms with Gasteiger partial charge < -0.3 is 4.74 Å². The summed E-state index contributed by atoms with van der Waals surface area (Å²) in [5.41, 5.74) is 1.64. The van der Waals surface area contributed by atoms with Crippen molar-refractivity contribution in [3.8, 4) is 11.5 Å².